The van der Waals surface area contributed by atoms with Crippen molar-refractivity contribution in [2.75, 3.05) is 31.9 Å². The van der Waals surface area contributed by atoms with Crippen molar-refractivity contribution in [3.05, 3.63) is 71.8 Å². The van der Waals surface area contributed by atoms with Crippen LogP contribution in [0.3, 0.4) is 0 Å². The molecule has 0 aliphatic carbocycles. The third-order valence-electron chi connectivity index (χ3n) is 5.39. The number of rotatable bonds is 8. The largest absolute Gasteiger partial charge is 0.445 e. The molecule has 1 atom stereocenters. The van der Waals surface area contributed by atoms with Crippen LogP contribution < -0.4 is 5.32 Å². The second kappa shape index (κ2) is 11.1. The molecular formula is C23H29N3O5S. The number of carbonyl (C=O) groups is 2. The topological polar surface area (TPSA) is 96.0 Å². The van der Waals surface area contributed by atoms with Gasteiger partial charge in [-0.2, -0.15) is 4.31 Å². The van der Waals surface area contributed by atoms with Crippen molar-refractivity contribution >= 4 is 22.0 Å². The molecule has 2 aromatic rings. The first-order chi connectivity index (χ1) is 15.4. The molecule has 2 aromatic carbocycles. The number of ether oxygens (including phenoxy) is 1. The van der Waals surface area contributed by atoms with Crippen molar-refractivity contribution in [1.29, 1.82) is 0 Å². The van der Waals surface area contributed by atoms with E-state index in [9.17, 15) is 18.0 Å². The molecule has 1 N–H and O–H groups in total. The van der Waals surface area contributed by atoms with E-state index in [1.165, 1.54) is 4.31 Å². The number of piperazine rings is 1. The molecule has 0 spiro atoms. The minimum Gasteiger partial charge on any atom is -0.445 e. The van der Waals surface area contributed by atoms with Crippen molar-refractivity contribution in [3.8, 4) is 0 Å². The monoisotopic (exact) mass is 459 g/mol. The van der Waals surface area contributed by atoms with Gasteiger partial charge in [-0.25, -0.2) is 13.2 Å². The third kappa shape index (κ3) is 6.54. The van der Waals surface area contributed by atoms with Crippen LogP contribution in [0.5, 0.6) is 0 Å². The van der Waals surface area contributed by atoms with E-state index in [4.69, 9.17) is 4.74 Å². The SMILES string of the molecule is CCS(=O)(=O)N1CCN(C(=O)[C@H](Cc2ccccc2)NC(=O)OCc2ccccc2)CC1. The zero-order chi connectivity index (χ0) is 23.0. The number of alkyl carbamates (subject to hydrolysis) is 1. The van der Waals surface area contributed by atoms with Gasteiger partial charge >= 0.3 is 6.09 Å². The molecule has 32 heavy (non-hydrogen) atoms. The number of nitrogens with one attached hydrogen (secondary N) is 1. The van der Waals surface area contributed by atoms with Crippen LogP contribution in [0, 0.1) is 0 Å². The zero-order valence-electron chi connectivity index (χ0n) is 18.1. The lowest BCUT2D eigenvalue weighted by atomic mass is 10.0. The Balaban J connectivity index is 1.64. The molecule has 3 rings (SSSR count). The van der Waals surface area contributed by atoms with E-state index in [1.807, 2.05) is 60.7 Å². The predicted molar refractivity (Wildman–Crippen MR) is 121 cm³/mol. The van der Waals surface area contributed by atoms with Crippen molar-refractivity contribution in [1.82, 2.24) is 14.5 Å². The highest BCUT2D eigenvalue weighted by molar-refractivity contribution is 7.89. The third-order valence-corrected chi connectivity index (χ3v) is 7.28. The smallest absolute Gasteiger partial charge is 0.408 e. The summed E-state index contributed by atoms with van der Waals surface area (Å²) in [6, 6.07) is 17.9. The molecule has 2 amide bonds. The van der Waals surface area contributed by atoms with Crippen LogP contribution in [0.1, 0.15) is 18.1 Å². The van der Waals surface area contributed by atoms with Gasteiger partial charge in [0.2, 0.25) is 15.9 Å². The van der Waals surface area contributed by atoms with E-state index in [0.717, 1.165) is 11.1 Å². The fourth-order valence-corrected chi connectivity index (χ4v) is 4.63. The Bertz CT molecular complexity index is 991. The molecule has 0 saturated carbocycles. The molecule has 1 saturated heterocycles. The summed E-state index contributed by atoms with van der Waals surface area (Å²) in [6.45, 7) is 2.77. The van der Waals surface area contributed by atoms with Gasteiger partial charge in [0.15, 0.2) is 0 Å². The van der Waals surface area contributed by atoms with Gasteiger partial charge in [-0.05, 0) is 18.1 Å². The molecule has 172 valence electrons. The molecular weight excluding hydrogens is 430 g/mol. The van der Waals surface area contributed by atoms with E-state index in [-0.39, 0.29) is 44.4 Å². The number of benzene rings is 2. The second-order valence-corrected chi connectivity index (χ2v) is 9.83. The second-order valence-electron chi connectivity index (χ2n) is 7.57. The first kappa shape index (κ1) is 23.7. The van der Waals surface area contributed by atoms with Gasteiger partial charge in [-0.15, -0.1) is 0 Å². The molecule has 0 aromatic heterocycles. The molecule has 1 fully saturated rings. The Morgan fingerprint density at radius 2 is 1.50 bits per heavy atom. The number of hydrogen-bond donors (Lipinski definition) is 1. The van der Waals surface area contributed by atoms with Crippen LogP contribution >= 0.6 is 0 Å². The van der Waals surface area contributed by atoms with Crippen molar-refractivity contribution in [3.63, 3.8) is 0 Å². The Morgan fingerprint density at radius 3 is 2.06 bits per heavy atom. The summed E-state index contributed by atoms with van der Waals surface area (Å²) in [7, 11) is -3.29. The quantitative estimate of drug-likeness (QED) is 0.652. The molecule has 1 heterocycles. The minimum absolute atomic E-state index is 0.0341. The molecule has 0 radical (unpaired) electrons. The van der Waals surface area contributed by atoms with Gasteiger partial charge < -0.3 is 15.0 Å². The molecule has 0 unspecified atom stereocenters. The molecule has 0 bridgehead atoms. The maximum atomic E-state index is 13.2. The minimum atomic E-state index is -3.29. The average Bonchev–Trinajstić information content (AvgIpc) is 2.83. The number of amides is 2. The molecule has 1 aliphatic rings. The number of sulfonamides is 1. The summed E-state index contributed by atoms with van der Waals surface area (Å²) in [5.41, 5.74) is 1.75. The van der Waals surface area contributed by atoms with Gasteiger partial charge in [0.25, 0.3) is 0 Å². The van der Waals surface area contributed by atoms with Gasteiger partial charge in [-0.3, -0.25) is 4.79 Å². The Morgan fingerprint density at radius 1 is 0.938 bits per heavy atom. The maximum absolute atomic E-state index is 13.2. The van der Waals surface area contributed by atoms with Gasteiger partial charge in [-0.1, -0.05) is 60.7 Å². The summed E-state index contributed by atoms with van der Waals surface area (Å²) >= 11 is 0. The lowest BCUT2D eigenvalue weighted by Gasteiger charge is -2.35. The van der Waals surface area contributed by atoms with Crippen LogP contribution in [0.2, 0.25) is 0 Å². The lowest BCUT2D eigenvalue weighted by molar-refractivity contribution is -0.134. The number of nitrogens with zero attached hydrogens (tertiary/aromatic N) is 2. The summed E-state index contributed by atoms with van der Waals surface area (Å²) in [6.07, 6.45) is -0.358. The number of hydrogen-bond acceptors (Lipinski definition) is 5. The highest BCUT2D eigenvalue weighted by atomic mass is 32.2. The molecule has 1 aliphatic heterocycles. The van der Waals surface area contributed by atoms with E-state index >= 15 is 0 Å². The van der Waals surface area contributed by atoms with Gasteiger partial charge in [0.1, 0.15) is 12.6 Å². The summed E-state index contributed by atoms with van der Waals surface area (Å²) in [5, 5.41) is 2.70. The first-order valence-corrected chi connectivity index (χ1v) is 12.3. The fourth-order valence-electron chi connectivity index (χ4n) is 3.55. The molecule has 9 heteroatoms. The molecule has 8 nitrogen and oxygen atoms in total. The lowest BCUT2D eigenvalue weighted by Crippen LogP contribution is -2.56. The van der Waals surface area contributed by atoms with Crippen LogP contribution in [0.15, 0.2) is 60.7 Å². The van der Waals surface area contributed by atoms with Crippen LogP contribution in [-0.2, 0) is 32.6 Å². The summed E-state index contributed by atoms with van der Waals surface area (Å²) in [4.78, 5) is 27.3. The van der Waals surface area contributed by atoms with Gasteiger partial charge in [0, 0.05) is 32.6 Å². The highest BCUT2D eigenvalue weighted by Crippen LogP contribution is 2.12. The summed E-state index contributed by atoms with van der Waals surface area (Å²) in [5.74, 6) is -0.217. The zero-order valence-corrected chi connectivity index (χ0v) is 19.0. The van der Waals surface area contributed by atoms with Gasteiger partial charge in [0.05, 0.1) is 5.75 Å². The van der Waals surface area contributed by atoms with E-state index in [0.29, 0.717) is 6.42 Å². The van der Waals surface area contributed by atoms with Crippen molar-refractivity contribution in [2.45, 2.75) is 26.0 Å². The standard InChI is InChI=1S/C23H29N3O5S/c1-2-32(29,30)26-15-13-25(14-16-26)22(27)21(17-19-9-5-3-6-10-19)24-23(28)31-18-20-11-7-4-8-12-20/h3-12,21H,2,13-18H2,1H3,(H,24,28)/t21-/m0/s1. The van der Waals surface area contributed by atoms with E-state index in [1.54, 1.807) is 11.8 Å². The van der Waals surface area contributed by atoms with Crippen molar-refractivity contribution < 1.29 is 22.7 Å². The van der Waals surface area contributed by atoms with E-state index < -0.39 is 22.2 Å². The van der Waals surface area contributed by atoms with Crippen LogP contribution in [0.4, 0.5) is 4.79 Å². The Kier molecular flexibility index (Phi) is 8.24. The normalized spacial score (nSPS) is 15.7. The van der Waals surface area contributed by atoms with Crippen LogP contribution in [0.25, 0.3) is 0 Å². The maximum Gasteiger partial charge on any atom is 0.408 e. The first-order valence-electron chi connectivity index (χ1n) is 10.7. The Hall–Kier alpha value is -2.91. The predicted octanol–water partition coefficient (Wildman–Crippen LogP) is 2.02. The fraction of sp³-hybridized carbons (Fsp3) is 0.391. The van der Waals surface area contributed by atoms with Crippen LogP contribution in [-0.4, -0.2) is 67.6 Å². The average molecular weight is 460 g/mol. The number of carbonyl (C=O) groups excluding carboxylic acids is 2. The summed E-state index contributed by atoms with van der Waals surface area (Å²) < 4.78 is 30.9. The highest BCUT2D eigenvalue weighted by Gasteiger charge is 2.32. The van der Waals surface area contributed by atoms with E-state index in [2.05, 4.69) is 5.32 Å². The van der Waals surface area contributed by atoms with Crippen molar-refractivity contribution in [2.24, 2.45) is 0 Å². The Labute approximate surface area is 189 Å².